The number of halogens is 3. The van der Waals surface area contributed by atoms with Crippen LogP contribution in [-0.2, 0) is 26.6 Å². The molecule has 4 nitrogen and oxygen atoms in total. The Bertz CT molecular complexity index is 1810. The molecule has 2 aliphatic heterocycles. The summed E-state index contributed by atoms with van der Waals surface area (Å²) in [5.41, 5.74) is 5.33. The maximum atomic E-state index is 15.0. The summed E-state index contributed by atoms with van der Waals surface area (Å²) >= 11 is 0. The van der Waals surface area contributed by atoms with E-state index in [9.17, 15) is 22.8 Å². The summed E-state index contributed by atoms with van der Waals surface area (Å²) in [6.07, 6.45) is -0.429. The van der Waals surface area contributed by atoms with Gasteiger partial charge < -0.3 is 9.80 Å². The van der Waals surface area contributed by atoms with Gasteiger partial charge in [0.25, 0.3) is 0 Å². The van der Waals surface area contributed by atoms with Crippen LogP contribution in [0.1, 0.15) is 96.8 Å². The number of carbonyl (C=O) groups excluding carboxylic acids is 2. The summed E-state index contributed by atoms with van der Waals surface area (Å²) in [6.45, 7) is 13.5. The molecule has 4 aromatic rings. The predicted molar refractivity (Wildman–Crippen MR) is 198 cm³/mol. The number of benzene rings is 4. The van der Waals surface area contributed by atoms with Gasteiger partial charge in [-0.1, -0.05) is 90.1 Å². The van der Waals surface area contributed by atoms with Crippen molar-refractivity contribution in [3.05, 3.63) is 95.6 Å². The molecule has 7 heteroatoms. The lowest BCUT2D eigenvalue weighted by Crippen LogP contribution is -2.37. The van der Waals surface area contributed by atoms with Crippen molar-refractivity contribution in [1.82, 2.24) is 0 Å². The highest BCUT2D eigenvalue weighted by Gasteiger charge is 2.35. The Kier molecular flexibility index (Phi) is 9.49. The highest BCUT2D eigenvalue weighted by molar-refractivity contribution is 6.02. The minimum absolute atomic E-state index is 0.00773. The van der Waals surface area contributed by atoms with Gasteiger partial charge in [0.1, 0.15) is 0 Å². The van der Waals surface area contributed by atoms with E-state index in [1.165, 1.54) is 12.1 Å². The number of alkyl halides is 3. The molecule has 2 aliphatic rings. The summed E-state index contributed by atoms with van der Waals surface area (Å²) in [5, 5.41) is 0. The number of carbonyl (C=O) groups is 2. The molecule has 50 heavy (non-hydrogen) atoms. The summed E-state index contributed by atoms with van der Waals surface area (Å²) in [7, 11) is 0. The maximum absolute atomic E-state index is 15.0. The van der Waals surface area contributed by atoms with Gasteiger partial charge in [0.15, 0.2) is 0 Å². The van der Waals surface area contributed by atoms with Crippen LogP contribution in [0, 0.1) is 0 Å². The summed E-state index contributed by atoms with van der Waals surface area (Å²) in [4.78, 5) is 30.3. The normalized spacial score (nSPS) is 16.3. The van der Waals surface area contributed by atoms with Gasteiger partial charge in [-0.05, 0) is 111 Å². The second kappa shape index (κ2) is 13.4. The molecule has 0 N–H and O–H groups in total. The molecule has 0 aliphatic carbocycles. The topological polar surface area (TPSA) is 40.6 Å². The minimum atomic E-state index is -4.61. The molecule has 2 saturated heterocycles. The zero-order valence-electron chi connectivity index (χ0n) is 30.0. The number of hydrogen-bond donors (Lipinski definition) is 0. The zero-order chi connectivity index (χ0) is 36.0. The Morgan fingerprint density at radius 2 is 0.960 bits per heavy atom. The van der Waals surface area contributed by atoms with Crippen molar-refractivity contribution in [3.8, 4) is 33.4 Å². The van der Waals surface area contributed by atoms with Crippen LogP contribution in [0.2, 0.25) is 0 Å². The third-order valence-electron chi connectivity index (χ3n) is 9.98. The number of amides is 2. The molecule has 6 rings (SSSR count). The fraction of sp³-hybridized carbons (Fsp3) is 0.395. The van der Waals surface area contributed by atoms with E-state index < -0.39 is 11.7 Å². The van der Waals surface area contributed by atoms with Gasteiger partial charge >= 0.3 is 6.18 Å². The van der Waals surface area contributed by atoms with E-state index in [4.69, 9.17) is 0 Å². The standard InChI is InChI=1S/C43H47F3N2O2/c1-41(2,3)36-17-9-7-15-32(36)34-25-29(43(44,45)46)26-35(33-16-8-10-18-37(33)42(4,5)6)40(34)28-23-30(47-21-13-11-19-38(47)49)27-31(24-28)48-22-14-12-20-39(48)50/h7-10,15-18,23-27H,11-14,19-22H2,1-6H3. The molecule has 262 valence electrons. The van der Waals surface area contributed by atoms with Crippen LogP contribution in [0.5, 0.6) is 0 Å². The molecule has 4 aromatic carbocycles. The molecular formula is C43H47F3N2O2. The molecule has 0 spiro atoms. The van der Waals surface area contributed by atoms with E-state index in [-0.39, 0.29) is 22.6 Å². The Hall–Kier alpha value is -4.39. The maximum Gasteiger partial charge on any atom is 0.416 e. The molecule has 0 bridgehead atoms. The van der Waals surface area contributed by atoms with Crippen LogP contribution >= 0.6 is 0 Å². The fourth-order valence-corrected chi connectivity index (χ4v) is 7.49. The molecule has 0 atom stereocenters. The largest absolute Gasteiger partial charge is 0.416 e. The van der Waals surface area contributed by atoms with Gasteiger partial charge in [-0.3, -0.25) is 9.59 Å². The van der Waals surface area contributed by atoms with Crippen LogP contribution in [0.4, 0.5) is 24.5 Å². The second-order valence-corrected chi connectivity index (χ2v) is 15.8. The second-order valence-electron chi connectivity index (χ2n) is 15.8. The Labute approximate surface area is 294 Å². The first-order valence-electron chi connectivity index (χ1n) is 17.8. The number of piperidine rings is 2. The lowest BCUT2D eigenvalue weighted by atomic mass is 9.76. The van der Waals surface area contributed by atoms with Crippen molar-refractivity contribution in [2.75, 3.05) is 22.9 Å². The highest BCUT2D eigenvalue weighted by Crippen LogP contribution is 2.49. The molecule has 0 aromatic heterocycles. The predicted octanol–water partition coefficient (Wildman–Crippen LogP) is 11.3. The molecule has 2 heterocycles. The highest BCUT2D eigenvalue weighted by atomic mass is 19.4. The zero-order valence-corrected chi connectivity index (χ0v) is 30.0. The number of rotatable bonds is 5. The molecule has 2 fully saturated rings. The van der Waals surface area contributed by atoms with Crippen molar-refractivity contribution in [2.45, 2.75) is 97.1 Å². The van der Waals surface area contributed by atoms with Crippen molar-refractivity contribution in [1.29, 1.82) is 0 Å². The Morgan fingerprint density at radius 1 is 0.540 bits per heavy atom. The van der Waals surface area contributed by atoms with Crippen LogP contribution in [0.3, 0.4) is 0 Å². The summed E-state index contributed by atoms with van der Waals surface area (Å²) in [5.74, 6) is 0.0155. The van der Waals surface area contributed by atoms with Crippen LogP contribution in [0.15, 0.2) is 78.9 Å². The summed E-state index contributed by atoms with van der Waals surface area (Å²) in [6, 6.07) is 23.8. The van der Waals surface area contributed by atoms with E-state index in [1.807, 2.05) is 66.7 Å². The van der Waals surface area contributed by atoms with Crippen molar-refractivity contribution < 1.29 is 22.8 Å². The molecule has 0 radical (unpaired) electrons. The lowest BCUT2D eigenvalue weighted by Gasteiger charge is -2.32. The molecule has 0 unspecified atom stereocenters. The van der Waals surface area contributed by atoms with Gasteiger partial charge in [0, 0.05) is 37.3 Å². The fourth-order valence-electron chi connectivity index (χ4n) is 7.49. The van der Waals surface area contributed by atoms with Gasteiger partial charge in [-0.15, -0.1) is 0 Å². The first kappa shape index (κ1) is 35.4. The third-order valence-corrected chi connectivity index (χ3v) is 9.98. The van der Waals surface area contributed by atoms with Gasteiger partial charge in [0.2, 0.25) is 11.8 Å². The molecule has 0 saturated carbocycles. The summed E-state index contributed by atoms with van der Waals surface area (Å²) < 4.78 is 45.0. The smallest absolute Gasteiger partial charge is 0.312 e. The van der Waals surface area contributed by atoms with E-state index >= 15 is 0 Å². The average Bonchev–Trinajstić information content (AvgIpc) is 3.06. The number of nitrogens with zero attached hydrogens (tertiary/aromatic N) is 2. The van der Waals surface area contributed by atoms with Gasteiger partial charge in [-0.25, -0.2) is 0 Å². The Balaban J connectivity index is 1.78. The molecular weight excluding hydrogens is 633 g/mol. The number of anilines is 2. The van der Waals surface area contributed by atoms with Crippen molar-refractivity contribution in [3.63, 3.8) is 0 Å². The van der Waals surface area contributed by atoms with Crippen LogP contribution < -0.4 is 9.80 Å². The van der Waals surface area contributed by atoms with Crippen molar-refractivity contribution >= 4 is 23.2 Å². The third kappa shape index (κ3) is 7.10. The monoisotopic (exact) mass is 680 g/mol. The molecule has 2 amide bonds. The van der Waals surface area contributed by atoms with E-state index in [0.29, 0.717) is 70.7 Å². The first-order chi connectivity index (χ1) is 23.5. The van der Waals surface area contributed by atoms with Crippen molar-refractivity contribution in [2.24, 2.45) is 0 Å². The van der Waals surface area contributed by atoms with E-state index in [1.54, 1.807) is 9.80 Å². The lowest BCUT2D eigenvalue weighted by molar-refractivity contribution is -0.137. The van der Waals surface area contributed by atoms with E-state index in [2.05, 4.69) is 41.5 Å². The minimum Gasteiger partial charge on any atom is -0.312 e. The number of hydrogen-bond acceptors (Lipinski definition) is 2. The Morgan fingerprint density at radius 3 is 1.34 bits per heavy atom. The van der Waals surface area contributed by atoms with Gasteiger partial charge in [-0.2, -0.15) is 13.2 Å². The average molecular weight is 681 g/mol. The quantitative estimate of drug-likeness (QED) is 0.210. The van der Waals surface area contributed by atoms with Crippen LogP contribution in [0.25, 0.3) is 33.4 Å². The van der Waals surface area contributed by atoms with E-state index in [0.717, 1.165) is 36.8 Å². The first-order valence-corrected chi connectivity index (χ1v) is 17.8. The van der Waals surface area contributed by atoms with Crippen LogP contribution in [-0.4, -0.2) is 24.9 Å². The SMILES string of the molecule is CC(C)(C)c1ccccc1-c1cc(C(F)(F)F)cc(-c2ccccc2C(C)(C)C)c1-c1cc(N2CCCCC2=O)cc(N2CCCCC2=O)c1. The van der Waals surface area contributed by atoms with Gasteiger partial charge in [0.05, 0.1) is 5.56 Å².